The van der Waals surface area contributed by atoms with E-state index in [1.807, 2.05) is 25.7 Å². The van der Waals surface area contributed by atoms with Gasteiger partial charge >= 0.3 is 0 Å². The lowest BCUT2D eigenvalue weighted by Gasteiger charge is -2.10. The van der Waals surface area contributed by atoms with E-state index < -0.39 is 0 Å². The van der Waals surface area contributed by atoms with Crippen LogP contribution in [-0.2, 0) is 4.79 Å². The van der Waals surface area contributed by atoms with Gasteiger partial charge in [-0.25, -0.2) is 0 Å². The molecule has 0 aliphatic heterocycles. The maximum atomic E-state index is 11.3. The van der Waals surface area contributed by atoms with Gasteiger partial charge in [0.1, 0.15) is 0 Å². The fraction of sp³-hybridized carbons (Fsp3) is 0.889. The standard InChI is InChI=1S/C9H20N2OS/c1-8(7-10-2)9(12)11-5-4-6-13-3/h8,10H,4-7H2,1-3H3,(H,11,12). The summed E-state index contributed by atoms with van der Waals surface area (Å²) < 4.78 is 0. The summed E-state index contributed by atoms with van der Waals surface area (Å²) in [7, 11) is 1.86. The molecule has 0 aromatic rings. The lowest BCUT2D eigenvalue weighted by molar-refractivity contribution is -0.124. The van der Waals surface area contributed by atoms with Gasteiger partial charge in [0.25, 0.3) is 0 Å². The molecule has 4 heteroatoms. The minimum absolute atomic E-state index is 0.0688. The average Bonchev–Trinajstić information content (AvgIpc) is 2.12. The molecule has 1 atom stereocenters. The van der Waals surface area contributed by atoms with Gasteiger partial charge in [0.15, 0.2) is 0 Å². The molecule has 0 rings (SSSR count). The van der Waals surface area contributed by atoms with Gasteiger partial charge in [0, 0.05) is 19.0 Å². The number of carbonyl (C=O) groups is 1. The second-order valence-electron chi connectivity index (χ2n) is 3.10. The third kappa shape index (κ3) is 6.90. The van der Waals surface area contributed by atoms with Crippen molar-refractivity contribution in [2.45, 2.75) is 13.3 Å². The zero-order valence-corrected chi connectivity index (χ0v) is 9.54. The first-order valence-electron chi connectivity index (χ1n) is 4.63. The van der Waals surface area contributed by atoms with E-state index in [-0.39, 0.29) is 11.8 Å². The highest BCUT2D eigenvalue weighted by Gasteiger charge is 2.09. The second-order valence-corrected chi connectivity index (χ2v) is 4.08. The van der Waals surface area contributed by atoms with Gasteiger partial charge < -0.3 is 10.6 Å². The van der Waals surface area contributed by atoms with Crippen molar-refractivity contribution in [3.63, 3.8) is 0 Å². The number of thioether (sulfide) groups is 1. The Morgan fingerprint density at radius 2 is 2.23 bits per heavy atom. The summed E-state index contributed by atoms with van der Waals surface area (Å²) >= 11 is 1.81. The fourth-order valence-electron chi connectivity index (χ4n) is 1.00. The largest absolute Gasteiger partial charge is 0.356 e. The average molecular weight is 204 g/mol. The molecule has 13 heavy (non-hydrogen) atoms. The summed E-state index contributed by atoms with van der Waals surface area (Å²) in [6.45, 7) is 3.47. The van der Waals surface area contributed by atoms with Crippen LogP contribution in [0.1, 0.15) is 13.3 Å². The summed E-state index contributed by atoms with van der Waals surface area (Å²) in [4.78, 5) is 11.3. The summed E-state index contributed by atoms with van der Waals surface area (Å²) in [5, 5.41) is 5.89. The topological polar surface area (TPSA) is 41.1 Å². The van der Waals surface area contributed by atoms with Crippen molar-refractivity contribution in [3.8, 4) is 0 Å². The van der Waals surface area contributed by atoms with E-state index in [9.17, 15) is 4.79 Å². The third-order valence-corrected chi connectivity index (χ3v) is 2.48. The second kappa shape index (κ2) is 8.38. The molecule has 0 heterocycles. The van der Waals surface area contributed by atoms with Crippen LogP contribution in [-0.4, -0.2) is 38.1 Å². The number of amides is 1. The van der Waals surface area contributed by atoms with E-state index in [2.05, 4.69) is 16.9 Å². The molecule has 0 saturated heterocycles. The van der Waals surface area contributed by atoms with Gasteiger partial charge in [-0.05, 0) is 25.5 Å². The summed E-state index contributed by atoms with van der Waals surface area (Å²) in [6, 6.07) is 0. The number of carbonyl (C=O) groups excluding carboxylic acids is 1. The van der Waals surface area contributed by atoms with E-state index in [0.717, 1.165) is 25.3 Å². The number of hydrogen-bond acceptors (Lipinski definition) is 3. The predicted octanol–water partition coefficient (Wildman–Crippen LogP) is 0.711. The predicted molar refractivity (Wildman–Crippen MR) is 59.1 cm³/mol. The molecule has 0 aliphatic carbocycles. The lowest BCUT2D eigenvalue weighted by Crippen LogP contribution is -2.34. The molecule has 1 unspecified atom stereocenters. The van der Waals surface area contributed by atoms with Crippen molar-refractivity contribution < 1.29 is 4.79 Å². The van der Waals surface area contributed by atoms with Crippen molar-refractivity contribution in [2.24, 2.45) is 5.92 Å². The highest BCUT2D eigenvalue weighted by Crippen LogP contribution is 1.95. The maximum absolute atomic E-state index is 11.3. The van der Waals surface area contributed by atoms with E-state index in [4.69, 9.17) is 0 Å². The van der Waals surface area contributed by atoms with Crippen LogP contribution in [0, 0.1) is 5.92 Å². The molecule has 3 nitrogen and oxygen atoms in total. The minimum atomic E-state index is 0.0688. The van der Waals surface area contributed by atoms with Crippen LogP contribution >= 0.6 is 11.8 Å². The van der Waals surface area contributed by atoms with Crippen molar-refractivity contribution in [1.29, 1.82) is 0 Å². The van der Waals surface area contributed by atoms with Crippen LogP contribution in [0.2, 0.25) is 0 Å². The minimum Gasteiger partial charge on any atom is -0.356 e. The van der Waals surface area contributed by atoms with Crippen LogP contribution in [0.15, 0.2) is 0 Å². The molecule has 2 N–H and O–H groups in total. The summed E-state index contributed by atoms with van der Waals surface area (Å²) in [5.74, 6) is 1.33. The van der Waals surface area contributed by atoms with Gasteiger partial charge in [-0.15, -0.1) is 0 Å². The third-order valence-electron chi connectivity index (χ3n) is 1.78. The molecule has 0 aromatic carbocycles. The molecule has 0 radical (unpaired) electrons. The lowest BCUT2D eigenvalue weighted by atomic mass is 10.1. The Morgan fingerprint density at radius 1 is 1.54 bits per heavy atom. The Morgan fingerprint density at radius 3 is 2.77 bits per heavy atom. The quantitative estimate of drug-likeness (QED) is 0.600. The van der Waals surface area contributed by atoms with Crippen LogP contribution in [0.5, 0.6) is 0 Å². The van der Waals surface area contributed by atoms with Crippen molar-refractivity contribution in [2.75, 3.05) is 32.1 Å². The molecule has 0 fully saturated rings. The van der Waals surface area contributed by atoms with Gasteiger partial charge in [-0.1, -0.05) is 6.92 Å². The Hall–Kier alpha value is -0.220. The Labute approximate surface area is 85.0 Å². The molecule has 0 saturated carbocycles. The van der Waals surface area contributed by atoms with Crippen LogP contribution in [0.25, 0.3) is 0 Å². The molecule has 0 aliphatic rings. The van der Waals surface area contributed by atoms with Crippen LogP contribution in [0.4, 0.5) is 0 Å². The molecular weight excluding hydrogens is 184 g/mol. The number of nitrogens with one attached hydrogen (secondary N) is 2. The molecular formula is C9H20N2OS. The van der Waals surface area contributed by atoms with Crippen LogP contribution < -0.4 is 10.6 Å². The highest BCUT2D eigenvalue weighted by atomic mass is 32.2. The molecule has 0 bridgehead atoms. The first-order valence-corrected chi connectivity index (χ1v) is 6.03. The zero-order valence-electron chi connectivity index (χ0n) is 8.72. The monoisotopic (exact) mass is 204 g/mol. The highest BCUT2D eigenvalue weighted by molar-refractivity contribution is 7.98. The van der Waals surface area contributed by atoms with Crippen molar-refractivity contribution in [1.82, 2.24) is 10.6 Å². The van der Waals surface area contributed by atoms with Gasteiger partial charge in [-0.2, -0.15) is 11.8 Å². The van der Waals surface area contributed by atoms with Gasteiger partial charge in [0.2, 0.25) is 5.91 Å². The van der Waals surface area contributed by atoms with Gasteiger partial charge in [0.05, 0.1) is 0 Å². The first-order chi connectivity index (χ1) is 6.22. The van der Waals surface area contributed by atoms with E-state index in [1.54, 1.807) is 0 Å². The maximum Gasteiger partial charge on any atom is 0.224 e. The number of hydrogen-bond donors (Lipinski definition) is 2. The molecule has 0 aromatic heterocycles. The van der Waals surface area contributed by atoms with E-state index >= 15 is 0 Å². The van der Waals surface area contributed by atoms with Crippen molar-refractivity contribution in [3.05, 3.63) is 0 Å². The summed E-state index contributed by atoms with van der Waals surface area (Å²) in [6.07, 6.45) is 3.13. The fourth-order valence-corrected chi connectivity index (χ4v) is 1.43. The Balaban J connectivity index is 3.38. The number of rotatable bonds is 7. The Bertz CT molecular complexity index is 142. The SMILES string of the molecule is CNCC(C)C(=O)NCCCSC. The molecule has 0 spiro atoms. The normalized spacial score (nSPS) is 12.5. The Kier molecular flexibility index (Phi) is 8.24. The first kappa shape index (κ1) is 12.8. The smallest absolute Gasteiger partial charge is 0.224 e. The molecule has 1 amide bonds. The van der Waals surface area contributed by atoms with E-state index in [0.29, 0.717) is 0 Å². The summed E-state index contributed by atoms with van der Waals surface area (Å²) in [5.41, 5.74) is 0. The van der Waals surface area contributed by atoms with Crippen LogP contribution in [0.3, 0.4) is 0 Å². The zero-order chi connectivity index (χ0) is 10.1. The van der Waals surface area contributed by atoms with Gasteiger partial charge in [-0.3, -0.25) is 4.79 Å². The van der Waals surface area contributed by atoms with E-state index in [1.165, 1.54) is 0 Å². The van der Waals surface area contributed by atoms with Crippen molar-refractivity contribution >= 4 is 17.7 Å². The molecule has 78 valence electrons.